The number of hydrogen-bond acceptors (Lipinski definition) is 6. The number of benzene rings is 1. The summed E-state index contributed by atoms with van der Waals surface area (Å²) in [4.78, 5) is 22.0. The second kappa shape index (κ2) is 8.53. The monoisotopic (exact) mass is 314 g/mol. The molecule has 1 rings (SSSR count). The molecule has 6 nitrogen and oxygen atoms in total. The summed E-state index contributed by atoms with van der Waals surface area (Å²) >= 11 is 0. The van der Waals surface area contributed by atoms with Crippen LogP contribution in [0.4, 0.5) is 0 Å². The van der Waals surface area contributed by atoms with Gasteiger partial charge < -0.3 is 9.53 Å². The van der Waals surface area contributed by atoms with Crippen molar-refractivity contribution in [2.75, 3.05) is 12.9 Å². The molecule has 0 amide bonds. The van der Waals surface area contributed by atoms with E-state index in [1.807, 2.05) is 0 Å². The lowest BCUT2D eigenvalue weighted by molar-refractivity contribution is -0.108. The van der Waals surface area contributed by atoms with Crippen molar-refractivity contribution < 1.29 is 26.9 Å². The van der Waals surface area contributed by atoms with Crippen molar-refractivity contribution in [2.45, 2.75) is 25.4 Å². The van der Waals surface area contributed by atoms with Crippen LogP contribution in [0.3, 0.4) is 0 Å². The minimum Gasteiger partial charge on any atom is -0.459 e. The van der Waals surface area contributed by atoms with E-state index < -0.39 is 22.2 Å². The Morgan fingerprint density at radius 3 is 2.52 bits per heavy atom. The molecule has 0 N–H and O–H groups in total. The molecule has 0 aromatic heterocycles. The molecule has 1 aromatic carbocycles. The molecule has 0 aliphatic carbocycles. The van der Waals surface area contributed by atoms with E-state index in [2.05, 4.69) is 0 Å². The molecule has 0 aliphatic rings. The molecule has 0 radical (unpaired) electrons. The Morgan fingerprint density at radius 2 is 1.95 bits per heavy atom. The third-order valence-electron chi connectivity index (χ3n) is 2.57. The molecule has 0 saturated heterocycles. The molecular formula is C14H18O6S. The first-order chi connectivity index (χ1) is 9.92. The second-order valence-corrected chi connectivity index (χ2v) is 6.09. The molecule has 21 heavy (non-hydrogen) atoms. The molecule has 7 heteroatoms. The van der Waals surface area contributed by atoms with E-state index in [4.69, 9.17) is 8.92 Å². The Balaban J connectivity index is 2.55. The third-order valence-corrected chi connectivity index (χ3v) is 3.19. The smallest absolute Gasteiger partial charge is 0.338 e. The van der Waals surface area contributed by atoms with Gasteiger partial charge >= 0.3 is 5.97 Å². The van der Waals surface area contributed by atoms with Crippen molar-refractivity contribution in [1.29, 1.82) is 0 Å². The number of unbranched alkanes of at least 4 members (excludes halogenated alkanes) is 1. The molecule has 1 atom stereocenters. The number of hydrogen-bond donors (Lipinski definition) is 0. The van der Waals surface area contributed by atoms with Gasteiger partial charge in [-0.2, -0.15) is 8.42 Å². The number of carbonyl (C=O) groups is 2. The Kier molecular flexibility index (Phi) is 7.04. The Hall–Kier alpha value is -1.73. The zero-order chi connectivity index (χ0) is 15.7. The van der Waals surface area contributed by atoms with Crippen molar-refractivity contribution in [3.05, 3.63) is 35.9 Å². The first kappa shape index (κ1) is 17.3. The average Bonchev–Trinajstić information content (AvgIpc) is 2.44. The number of aldehydes is 1. The second-order valence-electron chi connectivity index (χ2n) is 4.48. The van der Waals surface area contributed by atoms with Gasteiger partial charge in [-0.05, 0) is 25.0 Å². The highest BCUT2D eigenvalue weighted by atomic mass is 32.2. The third kappa shape index (κ3) is 7.57. The summed E-state index contributed by atoms with van der Waals surface area (Å²) in [5, 5.41) is 0. The van der Waals surface area contributed by atoms with E-state index in [0.29, 0.717) is 24.8 Å². The Morgan fingerprint density at radius 1 is 1.29 bits per heavy atom. The van der Waals surface area contributed by atoms with E-state index in [9.17, 15) is 18.0 Å². The van der Waals surface area contributed by atoms with Gasteiger partial charge in [0, 0.05) is 6.42 Å². The minimum absolute atomic E-state index is 0.181. The standard InChI is InChI=1S/C14H18O6S/c1-21(17,18)20-13(9-5-6-10-15)11-19-14(16)12-7-3-2-4-8-12/h2-4,7-8,10,13H,5-6,9,11H2,1H3. The molecule has 0 saturated carbocycles. The van der Waals surface area contributed by atoms with Crippen LogP contribution in [0, 0.1) is 0 Å². The quantitative estimate of drug-likeness (QED) is 0.297. The largest absolute Gasteiger partial charge is 0.459 e. The fourth-order valence-electron chi connectivity index (χ4n) is 1.66. The summed E-state index contributed by atoms with van der Waals surface area (Å²) in [7, 11) is -3.65. The van der Waals surface area contributed by atoms with Crippen molar-refractivity contribution in [1.82, 2.24) is 0 Å². The highest BCUT2D eigenvalue weighted by Gasteiger charge is 2.18. The lowest BCUT2D eigenvalue weighted by Gasteiger charge is -2.16. The van der Waals surface area contributed by atoms with Crippen LogP contribution in [0.5, 0.6) is 0 Å². The van der Waals surface area contributed by atoms with Crippen molar-refractivity contribution >= 4 is 22.4 Å². The predicted octanol–water partition coefficient (Wildman–Crippen LogP) is 1.56. The normalized spacial score (nSPS) is 12.6. The molecule has 0 spiro atoms. The fraction of sp³-hybridized carbons (Fsp3) is 0.429. The van der Waals surface area contributed by atoms with Crippen LogP contribution in [0.15, 0.2) is 30.3 Å². The zero-order valence-electron chi connectivity index (χ0n) is 11.7. The van der Waals surface area contributed by atoms with Gasteiger partial charge in [0.05, 0.1) is 11.8 Å². The Labute approximate surface area is 124 Å². The highest BCUT2D eigenvalue weighted by molar-refractivity contribution is 7.86. The molecule has 116 valence electrons. The van der Waals surface area contributed by atoms with Gasteiger partial charge in [0.1, 0.15) is 19.0 Å². The molecule has 0 fully saturated rings. The van der Waals surface area contributed by atoms with Gasteiger partial charge in [-0.1, -0.05) is 18.2 Å². The fourth-order valence-corrected chi connectivity index (χ4v) is 2.31. The van der Waals surface area contributed by atoms with Crippen LogP contribution in [0.2, 0.25) is 0 Å². The summed E-state index contributed by atoms with van der Waals surface area (Å²) in [6, 6.07) is 8.37. The Bertz CT molecular complexity index is 552. The van der Waals surface area contributed by atoms with E-state index in [0.717, 1.165) is 12.5 Å². The van der Waals surface area contributed by atoms with Crippen LogP contribution in [0.1, 0.15) is 29.6 Å². The minimum atomic E-state index is -3.65. The number of rotatable bonds is 9. The van der Waals surface area contributed by atoms with Crippen molar-refractivity contribution in [2.24, 2.45) is 0 Å². The summed E-state index contributed by atoms with van der Waals surface area (Å²) in [5.74, 6) is -0.548. The SMILES string of the molecule is CS(=O)(=O)OC(CCCC=O)COC(=O)c1ccccc1. The van der Waals surface area contributed by atoms with Crippen LogP contribution in [0.25, 0.3) is 0 Å². The van der Waals surface area contributed by atoms with Gasteiger partial charge in [0.15, 0.2) is 0 Å². The van der Waals surface area contributed by atoms with Gasteiger partial charge in [0.2, 0.25) is 0 Å². The molecular weight excluding hydrogens is 296 g/mol. The van der Waals surface area contributed by atoms with Crippen LogP contribution < -0.4 is 0 Å². The summed E-state index contributed by atoms with van der Waals surface area (Å²) < 4.78 is 32.2. The molecule has 1 unspecified atom stereocenters. The summed E-state index contributed by atoms with van der Waals surface area (Å²) in [6.07, 6.45) is 1.97. The molecule has 1 aromatic rings. The summed E-state index contributed by atoms with van der Waals surface area (Å²) in [6.45, 7) is -0.181. The number of carbonyl (C=O) groups excluding carboxylic acids is 2. The first-order valence-electron chi connectivity index (χ1n) is 6.46. The first-order valence-corrected chi connectivity index (χ1v) is 8.28. The predicted molar refractivity (Wildman–Crippen MR) is 76.4 cm³/mol. The van der Waals surface area contributed by atoms with Gasteiger partial charge in [0.25, 0.3) is 10.1 Å². The maximum atomic E-state index is 11.8. The maximum absolute atomic E-state index is 11.8. The number of ether oxygens (including phenoxy) is 1. The zero-order valence-corrected chi connectivity index (χ0v) is 12.5. The maximum Gasteiger partial charge on any atom is 0.338 e. The topological polar surface area (TPSA) is 86.7 Å². The lowest BCUT2D eigenvalue weighted by atomic mass is 10.2. The summed E-state index contributed by atoms with van der Waals surface area (Å²) in [5.41, 5.74) is 0.378. The van der Waals surface area contributed by atoms with Crippen LogP contribution in [-0.2, 0) is 23.8 Å². The van der Waals surface area contributed by atoms with Crippen molar-refractivity contribution in [3.8, 4) is 0 Å². The van der Waals surface area contributed by atoms with E-state index in [-0.39, 0.29) is 6.61 Å². The molecule has 0 bridgehead atoms. The average molecular weight is 314 g/mol. The van der Waals surface area contributed by atoms with E-state index in [1.54, 1.807) is 30.3 Å². The van der Waals surface area contributed by atoms with Gasteiger partial charge in [-0.3, -0.25) is 4.18 Å². The van der Waals surface area contributed by atoms with Crippen molar-refractivity contribution in [3.63, 3.8) is 0 Å². The van der Waals surface area contributed by atoms with Gasteiger partial charge in [-0.15, -0.1) is 0 Å². The van der Waals surface area contributed by atoms with Crippen LogP contribution in [-0.4, -0.2) is 39.6 Å². The van der Waals surface area contributed by atoms with E-state index in [1.165, 1.54) is 0 Å². The van der Waals surface area contributed by atoms with Gasteiger partial charge in [-0.25, -0.2) is 4.79 Å². The van der Waals surface area contributed by atoms with E-state index >= 15 is 0 Å². The molecule has 0 heterocycles. The lowest BCUT2D eigenvalue weighted by Crippen LogP contribution is -2.25. The number of esters is 1. The van der Waals surface area contributed by atoms with Crippen LogP contribution >= 0.6 is 0 Å². The highest BCUT2D eigenvalue weighted by Crippen LogP contribution is 2.10. The molecule has 0 aliphatic heterocycles.